The third kappa shape index (κ3) is 3.34. The Kier molecular flexibility index (Phi) is 4.56. The van der Waals surface area contributed by atoms with Crippen molar-refractivity contribution in [3.63, 3.8) is 0 Å². The van der Waals surface area contributed by atoms with Crippen LogP contribution >= 0.6 is 27.3 Å². The second-order valence-corrected chi connectivity index (χ2v) is 6.85. The monoisotopic (exact) mass is 297 g/mol. The summed E-state index contributed by atoms with van der Waals surface area (Å²) in [4.78, 5) is 1.05. The average molecular weight is 298 g/mol. The Morgan fingerprint density at radius 1 is 1.64 bits per heavy atom. The molecule has 0 aromatic carbocycles. The third-order valence-electron chi connectivity index (χ3n) is 1.76. The molecule has 0 bridgehead atoms. The summed E-state index contributed by atoms with van der Waals surface area (Å²) in [5, 5.41) is 1.94. The van der Waals surface area contributed by atoms with E-state index < -0.39 is 10.0 Å². The molecule has 0 saturated heterocycles. The van der Waals surface area contributed by atoms with E-state index in [-0.39, 0.29) is 10.7 Å². The summed E-state index contributed by atoms with van der Waals surface area (Å²) in [6.45, 7) is 1.96. The van der Waals surface area contributed by atoms with Gasteiger partial charge in [-0.3, -0.25) is 0 Å². The van der Waals surface area contributed by atoms with Gasteiger partial charge in [0.25, 0.3) is 0 Å². The molecule has 0 aliphatic heterocycles. The van der Waals surface area contributed by atoms with Crippen LogP contribution in [-0.2, 0) is 10.0 Å². The molecule has 0 aliphatic rings. The first-order valence-corrected chi connectivity index (χ1v) is 7.83. The van der Waals surface area contributed by atoms with Crippen LogP contribution in [0.15, 0.2) is 17.5 Å². The van der Waals surface area contributed by atoms with Gasteiger partial charge in [0.1, 0.15) is 4.66 Å². The van der Waals surface area contributed by atoms with Crippen molar-refractivity contribution in [3.05, 3.63) is 22.4 Å². The van der Waals surface area contributed by atoms with Crippen molar-refractivity contribution >= 4 is 37.3 Å². The highest BCUT2D eigenvalue weighted by atomic mass is 79.9. The maximum Gasteiger partial charge on any atom is 0.222 e. The fourth-order valence-corrected chi connectivity index (χ4v) is 3.20. The molecular weight excluding hydrogens is 286 g/mol. The van der Waals surface area contributed by atoms with E-state index in [2.05, 4.69) is 20.7 Å². The van der Waals surface area contributed by atoms with Crippen LogP contribution in [0.1, 0.15) is 24.3 Å². The lowest BCUT2D eigenvalue weighted by molar-refractivity contribution is 0.558. The Morgan fingerprint density at radius 2 is 2.36 bits per heavy atom. The number of halogens is 1. The van der Waals surface area contributed by atoms with E-state index in [0.29, 0.717) is 0 Å². The first kappa shape index (κ1) is 12.2. The van der Waals surface area contributed by atoms with Gasteiger partial charge >= 0.3 is 0 Å². The molecule has 1 aromatic rings. The van der Waals surface area contributed by atoms with Gasteiger partial charge in [0, 0.05) is 4.88 Å². The summed E-state index contributed by atoms with van der Waals surface area (Å²) in [6, 6.07) is 3.76. The molecule has 6 heteroatoms. The zero-order valence-electron chi connectivity index (χ0n) is 7.73. The fraction of sp³-hybridized carbons (Fsp3) is 0.500. The summed E-state index contributed by atoms with van der Waals surface area (Å²) in [6.07, 6.45) is 0.757. The summed E-state index contributed by atoms with van der Waals surface area (Å²) in [5.74, 6) is 0. The van der Waals surface area contributed by atoms with Crippen LogP contribution in [0.3, 0.4) is 0 Å². The molecule has 0 saturated carbocycles. The van der Waals surface area contributed by atoms with Crippen LogP contribution in [-0.4, -0.2) is 13.1 Å². The van der Waals surface area contributed by atoms with Crippen LogP contribution in [0.25, 0.3) is 0 Å². The number of alkyl halides is 1. The highest BCUT2D eigenvalue weighted by Crippen LogP contribution is 2.22. The third-order valence-corrected chi connectivity index (χ3v) is 5.49. The van der Waals surface area contributed by atoms with Gasteiger partial charge in [0.2, 0.25) is 10.0 Å². The zero-order chi connectivity index (χ0) is 10.6. The van der Waals surface area contributed by atoms with E-state index in [1.54, 1.807) is 11.3 Å². The van der Waals surface area contributed by atoms with Crippen LogP contribution in [0.2, 0.25) is 0 Å². The van der Waals surface area contributed by atoms with Crippen molar-refractivity contribution in [2.45, 2.75) is 19.4 Å². The molecule has 80 valence electrons. The van der Waals surface area contributed by atoms with Crippen molar-refractivity contribution in [1.82, 2.24) is 4.72 Å². The van der Waals surface area contributed by atoms with Crippen LogP contribution in [0, 0.1) is 0 Å². The number of hydrogen-bond acceptors (Lipinski definition) is 3. The minimum atomic E-state index is -3.18. The summed E-state index contributed by atoms with van der Waals surface area (Å²) >= 11 is 4.51. The van der Waals surface area contributed by atoms with Gasteiger partial charge < -0.3 is 0 Å². The Morgan fingerprint density at radius 3 is 2.79 bits per heavy atom. The number of rotatable bonds is 5. The van der Waals surface area contributed by atoms with Gasteiger partial charge in [0.15, 0.2) is 0 Å². The molecule has 3 nitrogen and oxygen atoms in total. The Hall–Kier alpha value is 0.0900. The standard InChI is InChI=1S/C8H12BrNO2S2/c1-2-7(8-4-3-5-13-8)10-14(11,12)6-9/h3-5,7,10H,2,6H2,1H3. The second-order valence-electron chi connectivity index (χ2n) is 2.82. The molecule has 0 radical (unpaired) electrons. The van der Waals surface area contributed by atoms with Gasteiger partial charge in [-0.1, -0.05) is 28.9 Å². The van der Waals surface area contributed by atoms with Gasteiger partial charge in [-0.2, -0.15) is 0 Å². The molecule has 1 heterocycles. The van der Waals surface area contributed by atoms with Crippen molar-refractivity contribution < 1.29 is 8.42 Å². The lowest BCUT2D eigenvalue weighted by Gasteiger charge is -2.14. The lowest BCUT2D eigenvalue weighted by atomic mass is 10.2. The first-order valence-electron chi connectivity index (χ1n) is 4.18. The topological polar surface area (TPSA) is 46.2 Å². The zero-order valence-corrected chi connectivity index (χ0v) is 11.0. The molecule has 0 spiro atoms. The molecule has 0 amide bonds. The molecule has 1 rings (SSSR count). The lowest BCUT2D eigenvalue weighted by Crippen LogP contribution is -2.28. The largest absolute Gasteiger partial charge is 0.222 e. The van der Waals surface area contributed by atoms with E-state index in [1.807, 2.05) is 24.4 Å². The van der Waals surface area contributed by atoms with Crippen LogP contribution in [0.4, 0.5) is 0 Å². The normalized spacial score (nSPS) is 14.1. The summed E-state index contributed by atoms with van der Waals surface area (Å²) in [7, 11) is -3.18. The Bertz CT molecular complexity index is 361. The molecule has 14 heavy (non-hydrogen) atoms. The highest BCUT2D eigenvalue weighted by molar-refractivity contribution is 9.10. The number of hydrogen-bond donors (Lipinski definition) is 1. The highest BCUT2D eigenvalue weighted by Gasteiger charge is 2.17. The molecule has 1 unspecified atom stereocenters. The second kappa shape index (κ2) is 5.25. The van der Waals surface area contributed by atoms with Gasteiger partial charge in [-0.15, -0.1) is 11.3 Å². The van der Waals surface area contributed by atoms with Crippen molar-refractivity contribution in [1.29, 1.82) is 0 Å². The van der Waals surface area contributed by atoms with Gasteiger partial charge in [-0.05, 0) is 17.9 Å². The number of thiophene rings is 1. The van der Waals surface area contributed by atoms with Crippen molar-refractivity contribution in [3.8, 4) is 0 Å². The molecular formula is C8H12BrNO2S2. The Balaban J connectivity index is 2.75. The maximum absolute atomic E-state index is 11.3. The molecule has 0 aliphatic carbocycles. The predicted molar refractivity (Wildman–Crippen MR) is 63.2 cm³/mol. The van der Waals surface area contributed by atoms with Crippen LogP contribution in [0.5, 0.6) is 0 Å². The fourth-order valence-electron chi connectivity index (χ4n) is 1.08. The smallest absolute Gasteiger partial charge is 0.212 e. The number of sulfonamides is 1. The van der Waals surface area contributed by atoms with Gasteiger partial charge in [0.05, 0.1) is 6.04 Å². The number of nitrogens with one attached hydrogen (secondary N) is 1. The quantitative estimate of drug-likeness (QED) is 0.849. The van der Waals surface area contributed by atoms with Crippen LogP contribution < -0.4 is 4.72 Å². The predicted octanol–water partition coefficient (Wildman–Crippen LogP) is 2.47. The minimum Gasteiger partial charge on any atom is -0.212 e. The van der Waals surface area contributed by atoms with Crippen molar-refractivity contribution in [2.75, 3.05) is 4.66 Å². The van der Waals surface area contributed by atoms with E-state index in [4.69, 9.17) is 0 Å². The summed E-state index contributed by atoms with van der Waals surface area (Å²) in [5.41, 5.74) is 0. The first-order chi connectivity index (χ1) is 6.59. The van der Waals surface area contributed by atoms with Gasteiger partial charge in [-0.25, -0.2) is 13.1 Å². The SMILES string of the molecule is CCC(NS(=O)(=O)CBr)c1cccs1. The average Bonchev–Trinajstić information content (AvgIpc) is 2.67. The van der Waals surface area contributed by atoms with Crippen molar-refractivity contribution in [2.24, 2.45) is 0 Å². The maximum atomic E-state index is 11.3. The minimum absolute atomic E-state index is 0.0537. The summed E-state index contributed by atoms with van der Waals surface area (Å²) < 4.78 is 25.2. The molecule has 0 fully saturated rings. The molecule has 1 aromatic heterocycles. The van der Waals surface area contributed by atoms with E-state index in [9.17, 15) is 8.42 Å². The Labute approximate surface area is 96.7 Å². The molecule has 1 N–H and O–H groups in total. The molecule has 1 atom stereocenters. The van der Waals surface area contributed by atoms with E-state index in [0.717, 1.165) is 11.3 Å². The van der Waals surface area contributed by atoms with E-state index >= 15 is 0 Å². The van der Waals surface area contributed by atoms with E-state index in [1.165, 1.54) is 0 Å².